The fraction of sp³-hybridized carbons (Fsp3) is 0.533. The van der Waals surface area contributed by atoms with Crippen molar-refractivity contribution in [2.45, 2.75) is 45.7 Å². The Morgan fingerprint density at radius 1 is 1.53 bits per heavy atom. The Hall–Kier alpha value is -1.76. The molecule has 0 fully saturated rings. The molecule has 2 unspecified atom stereocenters. The molecular weight excluding hydrogens is 245 g/mol. The fourth-order valence-electron chi connectivity index (χ4n) is 1.44. The van der Waals surface area contributed by atoms with Gasteiger partial charge in [0.2, 0.25) is 5.76 Å². The minimum atomic E-state index is -0.826. The maximum absolute atomic E-state index is 12.5. The highest BCUT2D eigenvalue weighted by Crippen LogP contribution is 2.14. The molecule has 0 aromatic carbocycles. The number of aliphatic hydroxyl groups excluding tert-OH is 1. The fourth-order valence-corrected chi connectivity index (χ4v) is 1.44. The van der Waals surface area contributed by atoms with Crippen molar-refractivity contribution in [1.82, 2.24) is 5.16 Å². The van der Waals surface area contributed by atoms with Gasteiger partial charge in [-0.1, -0.05) is 24.6 Å². The third kappa shape index (κ3) is 6.10. The lowest BCUT2D eigenvalue weighted by molar-refractivity contribution is 0.332. The van der Waals surface area contributed by atoms with Crippen LogP contribution in [0.15, 0.2) is 22.9 Å². The highest BCUT2D eigenvalue weighted by Gasteiger charge is 2.08. The van der Waals surface area contributed by atoms with E-state index in [0.29, 0.717) is 25.0 Å². The molecule has 1 rings (SSSR count). The van der Waals surface area contributed by atoms with Gasteiger partial charge in [0.25, 0.3) is 0 Å². The number of alkyl halides is 1. The summed E-state index contributed by atoms with van der Waals surface area (Å²) in [6, 6.07) is 1.78. The van der Waals surface area contributed by atoms with Crippen LogP contribution in [0.5, 0.6) is 0 Å². The van der Waals surface area contributed by atoms with Crippen molar-refractivity contribution in [1.29, 1.82) is 0 Å². The second kappa shape index (κ2) is 7.63. The molecule has 4 heteroatoms. The molecule has 3 nitrogen and oxygen atoms in total. The number of hydrogen-bond donors (Lipinski definition) is 1. The van der Waals surface area contributed by atoms with Crippen LogP contribution in [0.4, 0.5) is 4.39 Å². The number of nitrogens with zero attached hydrogens (tertiary/aromatic N) is 1. The van der Waals surface area contributed by atoms with Crippen molar-refractivity contribution < 1.29 is 14.0 Å². The van der Waals surface area contributed by atoms with Crippen molar-refractivity contribution in [3.05, 3.63) is 29.9 Å². The highest BCUT2D eigenvalue weighted by molar-refractivity contribution is 5.25. The largest absolute Gasteiger partial charge is 0.513 e. The molecule has 1 aromatic rings. The molecule has 0 radical (unpaired) electrons. The van der Waals surface area contributed by atoms with E-state index in [0.717, 1.165) is 12.1 Å². The summed E-state index contributed by atoms with van der Waals surface area (Å²) in [6.07, 6.45) is 1.58. The molecule has 0 spiro atoms. The maximum Gasteiger partial charge on any atom is 0.209 e. The monoisotopic (exact) mass is 265 g/mol. The van der Waals surface area contributed by atoms with Crippen LogP contribution >= 0.6 is 0 Å². The van der Waals surface area contributed by atoms with Gasteiger partial charge in [0.15, 0.2) is 0 Å². The predicted molar refractivity (Wildman–Crippen MR) is 72.4 cm³/mol. The Bertz CT molecular complexity index is 468. The Labute approximate surface area is 113 Å². The van der Waals surface area contributed by atoms with Crippen LogP contribution in [-0.4, -0.2) is 16.4 Å². The van der Waals surface area contributed by atoms with Crippen LogP contribution in [0.3, 0.4) is 0 Å². The summed E-state index contributed by atoms with van der Waals surface area (Å²) >= 11 is 0. The Morgan fingerprint density at radius 2 is 2.26 bits per heavy atom. The van der Waals surface area contributed by atoms with Crippen molar-refractivity contribution in [3.8, 4) is 11.8 Å². The Kier molecular flexibility index (Phi) is 6.14. The topological polar surface area (TPSA) is 46.3 Å². The summed E-state index contributed by atoms with van der Waals surface area (Å²) in [7, 11) is 0. The minimum absolute atomic E-state index is 0.0391. The molecule has 1 aromatic heterocycles. The van der Waals surface area contributed by atoms with E-state index >= 15 is 0 Å². The van der Waals surface area contributed by atoms with Gasteiger partial charge in [-0.05, 0) is 32.1 Å². The molecule has 0 bridgehead atoms. The molecule has 0 aliphatic carbocycles. The van der Waals surface area contributed by atoms with Crippen LogP contribution in [0.25, 0.3) is 0 Å². The first-order valence-corrected chi connectivity index (χ1v) is 6.45. The van der Waals surface area contributed by atoms with Crippen molar-refractivity contribution >= 4 is 0 Å². The van der Waals surface area contributed by atoms with E-state index in [-0.39, 0.29) is 11.7 Å². The molecule has 1 N–H and O–H groups in total. The molecule has 0 amide bonds. The second-order valence-electron chi connectivity index (χ2n) is 4.73. The standard InChI is InChI=1S/C15H20FNO2/c1-11(13(3)18)8-9-14-10-15(19-17-14)7-5-4-6-12(2)16/h10-12,18H,3-4,6,8-9H2,1-2H3. The van der Waals surface area contributed by atoms with E-state index in [1.165, 1.54) is 6.92 Å². The number of aliphatic hydroxyl groups is 1. The Morgan fingerprint density at radius 3 is 2.89 bits per heavy atom. The van der Waals surface area contributed by atoms with Gasteiger partial charge in [-0.15, -0.1) is 0 Å². The van der Waals surface area contributed by atoms with Gasteiger partial charge in [0, 0.05) is 18.4 Å². The van der Waals surface area contributed by atoms with E-state index in [9.17, 15) is 9.50 Å². The number of rotatable bonds is 6. The molecule has 2 atom stereocenters. The lowest BCUT2D eigenvalue weighted by Crippen LogP contribution is -1.99. The van der Waals surface area contributed by atoms with Crippen LogP contribution in [0.1, 0.15) is 44.6 Å². The SMILES string of the molecule is C=C(O)C(C)CCc1cc(C#CCCC(C)F)on1. The van der Waals surface area contributed by atoms with Gasteiger partial charge in [0.1, 0.15) is 0 Å². The van der Waals surface area contributed by atoms with Gasteiger partial charge < -0.3 is 9.63 Å². The van der Waals surface area contributed by atoms with E-state index < -0.39 is 6.17 Å². The normalized spacial score (nSPS) is 13.4. The molecule has 104 valence electrons. The lowest BCUT2D eigenvalue weighted by atomic mass is 10.0. The summed E-state index contributed by atoms with van der Waals surface area (Å²) in [5.74, 6) is 6.39. The molecular formula is C15H20FNO2. The third-order valence-electron chi connectivity index (χ3n) is 2.84. The molecule has 0 aliphatic heterocycles. The molecule has 19 heavy (non-hydrogen) atoms. The summed E-state index contributed by atoms with van der Waals surface area (Å²) in [4.78, 5) is 0. The number of allylic oxidation sites excluding steroid dienone is 1. The van der Waals surface area contributed by atoms with Crippen LogP contribution in [0, 0.1) is 17.8 Å². The summed E-state index contributed by atoms with van der Waals surface area (Å²) in [6.45, 7) is 6.92. The van der Waals surface area contributed by atoms with Gasteiger partial charge in [0.05, 0.1) is 17.6 Å². The maximum atomic E-state index is 12.5. The average molecular weight is 265 g/mol. The van der Waals surface area contributed by atoms with Gasteiger partial charge >= 0.3 is 0 Å². The van der Waals surface area contributed by atoms with Gasteiger partial charge in [-0.2, -0.15) is 0 Å². The van der Waals surface area contributed by atoms with E-state index in [4.69, 9.17) is 4.52 Å². The van der Waals surface area contributed by atoms with E-state index in [1.807, 2.05) is 6.92 Å². The smallest absolute Gasteiger partial charge is 0.209 e. The lowest BCUT2D eigenvalue weighted by Gasteiger charge is -2.06. The molecule has 0 aliphatic rings. The second-order valence-corrected chi connectivity index (χ2v) is 4.73. The van der Waals surface area contributed by atoms with Gasteiger partial charge in [-0.3, -0.25) is 0 Å². The first kappa shape index (κ1) is 15.3. The van der Waals surface area contributed by atoms with Crippen LogP contribution in [-0.2, 0) is 6.42 Å². The van der Waals surface area contributed by atoms with Crippen LogP contribution in [0.2, 0.25) is 0 Å². The number of halogens is 1. The number of aromatic nitrogens is 1. The Balaban J connectivity index is 2.42. The minimum Gasteiger partial charge on any atom is -0.513 e. The van der Waals surface area contributed by atoms with Crippen molar-refractivity contribution in [3.63, 3.8) is 0 Å². The zero-order chi connectivity index (χ0) is 14.3. The van der Waals surface area contributed by atoms with E-state index in [2.05, 4.69) is 23.6 Å². The summed E-state index contributed by atoms with van der Waals surface area (Å²) in [5, 5.41) is 13.1. The molecule has 1 heterocycles. The quantitative estimate of drug-likeness (QED) is 0.628. The van der Waals surface area contributed by atoms with E-state index in [1.54, 1.807) is 6.07 Å². The first-order chi connectivity index (χ1) is 8.99. The predicted octanol–water partition coefficient (Wildman–Crippen LogP) is 3.80. The van der Waals surface area contributed by atoms with Crippen LogP contribution < -0.4 is 0 Å². The zero-order valence-corrected chi connectivity index (χ0v) is 11.4. The van der Waals surface area contributed by atoms with Crippen molar-refractivity contribution in [2.75, 3.05) is 0 Å². The number of aryl methyl sites for hydroxylation is 1. The average Bonchev–Trinajstić information content (AvgIpc) is 2.79. The van der Waals surface area contributed by atoms with Crippen molar-refractivity contribution in [2.24, 2.45) is 5.92 Å². The first-order valence-electron chi connectivity index (χ1n) is 6.45. The molecule has 0 saturated heterocycles. The molecule has 0 saturated carbocycles. The summed E-state index contributed by atoms with van der Waals surface area (Å²) < 4.78 is 17.6. The zero-order valence-electron chi connectivity index (χ0n) is 11.4. The third-order valence-corrected chi connectivity index (χ3v) is 2.84. The summed E-state index contributed by atoms with van der Waals surface area (Å²) in [5.41, 5.74) is 0.802. The number of hydrogen-bond acceptors (Lipinski definition) is 3. The highest BCUT2D eigenvalue weighted by atomic mass is 19.1. The van der Waals surface area contributed by atoms with Gasteiger partial charge in [-0.25, -0.2) is 4.39 Å².